The van der Waals surface area contributed by atoms with Gasteiger partial charge in [-0.2, -0.15) is 0 Å². The van der Waals surface area contributed by atoms with Gasteiger partial charge in [-0.05, 0) is 29.3 Å². The molecule has 1 aliphatic rings. The van der Waals surface area contributed by atoms with E-state index in [4.69, 9.17) is 0 Å². The molecule has 4 nitrogen and oxygen atoms in total. The summed E-state index contributed by atoms with van der Waals surface area (Å²) in [7, 11) is -3.97. The van der Waals surface area contributed by atoms with E-state index in [0.717, 1.165) is 9.87 Å². The van der Waals surface area contributed by atoms with Crippen molar-refractivity contribution in [3.63, 3.8) is 0 Å². The van der Waals surface area contributed by atoms with Crippen molar-refractivity contribution in [1.29, 1.82) is 0 Å². The standard InChI is InChI=1S/C20H15NO3S/c22-20-18-14-8-7-13-17(18)19(15-9-3-1-4-10-15)21(20)25(23,24)16-11-5-2-6-12-16/h1-14,19H. The van der Waals surface area contributed by atoms with Crippen LogP contribution in [0.1, 0.15) is 27.5 Å². The molecule has 1 aliphatic heterocycles. The minimum Gasteiger partial charge on any atom is -0.268 e. The summed E-state index contributed by atoms with van der Waals surface area (Å²) in [5, 5.41) is 0. The quantitative estimate of drug-likeness (QED) is 0.726. The zero-order chi connectivity index (χ0) is 17.4. The molecule has 0 saturated heterocycles. The summed E-state index contributed by atoms with van der Waals surface area (Å²) in [4.78, 5) is 13.1. The summed E-state index contributed by atoms with van der Waals surface area (Å²) < 4.78 is 27.4. The molecule has 0 bridgehead atoms. The summed E-state index contributed by atoms with van der Waals surface area (Å²) in [5.74, 6) is -0.492. The van der Waals surface area contributed by atoms with Gasteiger partial charge >= 0.3 is 0 Å². The van der Waals surface area contributed by atoms with Gasteiger partial charge in [0.1, 0.15) is 0 Å². The monoisotopic (exact) mass is 349 g/mol. The fourth-order valence-electron chi connectivity index (χ4n) is 3.20. The normalized spacial score (nSPS) is 16.7. The number of amides is 1. The van der Waals surface area contributed by atoms with E-state index in [9.17, 15) is 13.2 Å². The second-order valence-corrected chi connectivity index (χ2v) is 7.63. The van der Waals surface area contributed by atoms with Gasteiger partial charge in [0.2, 0.25) is 0 Å². The van der Waals surface area contributed by atoms with Crippen LogP contribution in [0.5, 0.6) is 0 Å². The van der Waals surface area contributed by atoms with Crippen LogP contribution in [0, 0.1) is 0 Å². The number of sulfonamides is 1. The van der Waals surface area contributed by atoms with Crippen molar-refractivity contribution in [2.75, 3.05) is 0 Å². The maximum absolute atomic E-state index is 13.2. The maximum atomic E-state index is 13.2. The van der Waals surface area contributed by atoms with Gasteiger partial charge in [-0.1, -0.05) is 66.7 Å². The fourth-order valence-corrected chi connectivity index (χ4v) is 4.75. The minimum absolute atomic E-state index is 0.108. The Morgan fingerprint density at radius 1 is 0.720 bits per heavy atom. The summed E-state index contributed by atoms with van der Waals surface area (Å²) in [6, 6.07) is 23.7. The second kappa shape index (κ2) is 5.86. The van der Waals surface area contributed by atoms with E-state index in [1.54, 1.807) is 30.3 Å². The van der Waals surface area contributed by atoms with Gasteiger partial charge < -0.3 is 0 Å². The highest BCUT2D eigenvalue weighted by Gasteiger charge is 2.44. The van der Waals surface area contributed by atoms with Gasteiger partial charge in [0, 0.05) is 5.56 Å². The molecule has 0 radical (unpaired) electrons. The minimum atomic E-state index is -3.97. The van der Waals surface area contributed by atoms with Gasteiger partial charge in [-0.15, -0.1) is 0 Å². The Balaban J connectivity index is 1.94. The third kappa shape index (κ3) is 2.44. The summed E-state index contributed by atoms with van der Waals surface area (Å²) in [6.45, 7) is 0. The van der Waals surface area contributed by atoms with Crippen molar-refractivity contribution in [3.8, 4) is 0 Å². The van der Waals surface area contributed by atoms with E-state index in [1.165, 1.54) is 12.1 Å². The maximum Gasteiger partial charge on any atom is 0.268 e. The number of carbonyl (C=O) groups is 1. The average Bonchev–Trinajstić information content (AvgIpc) is 2.97. The smallest absolute Gasteiger partial charge is 0.268 e. The number of hydrogen-bond donors (Lipinski definition) is 0. The Kier molecular flexibility index (Phi) is 3.66. The largest absolute Gasteiger partial charge is 0.268 e. The summed E-state index contributed by atoms with van der Waals surface area (Å²) in [6.07, 6.45) is 0. The molecular formula is C20H15NO3S. The molecular weight excluding hydrogens is 334 g/mol. The third-order valence-corrected chi connectivity index (χ3v) is 6.10. The van der Waals surface area contributed by atoms with Crippen LogP contribution in [0.25, 0.3) is 0 Å². The number of fused-ring (bicyclic) bond motifs is 1. The molecule has 25 heavy (non-hydrogen) atoms. The molecule has 1 amide bonds. The first-order valence-electron chi connectivity index (χ1n) is 7.88. The van der Waals surface area contributed by atoms with Crippen molar-refractivity contribution in [2.24, 2.45) is 0 Å². The lowest BCUT2D eigenvalue weighted by Gasteiger charge is -2.25. The van der Waals surface area contributed by atoms with Crippen molar-refractivity contribution in [1.82, 2.24) is 4.31 Å². The average molecular weight is 349 g/mol. The van der Waals surface area contributed by atoms with E-state index in [1.807, 2.05) is 42.5 Å². The highest BCUT2D eigenvalue weighted by atomic mass is 32.2. The van der Waals surface area contributed by atoms with Crippen LogP contribution in [-0.4, -0.2) is 18.6 Å². The van der Waals surface area contributed by atoms with Gasteiger partial charge in [0.05, 0.1) is 10.9 Å². The van der Waals surface area contributed by atoms with Crippen LogP contribution in [0.3, 0.4) is 0 Å². The lowest BCUT2D eigenvalue weighted by Crippen LogP contribution is -2.35. The molecule has 0 spiro atoms. The van der Waals surface area contributed by atoms with E-state index in [0.29, 0.717) is 11.1 Å². The molecule has 3 aromatic rings. The number of nitrogens with zero attached hydrogens (tertiary/aromatic N) is 1. The van der Waals surface area contributed by atoms with Crippen LogP contribution in [0.15, 0.2) is 89.8 Å². The molecule has 0 aromatic heterocycles. The summed E-state index contributed by atoms with van der Waals surface area (Å²) in [5.41, 5.74) is 1.90. The van der Waals surface area contributed by atoms with E-state index >= 15 is 0 Å². The van der Waals surface area contributed by atoms with Crippen molar-refractivity contribution in [2.45, 2.75) is 10.9 Å². The highest BCUT2D eigenvalue weighted by Crippen LogP contribution is 2.41. The first-order chi connectivity index (χ1) is 12.1. The molecule has 1 atom stereocenters. The Labute approximate surface area is 146 Å². The SMILES string of the molecule is O=C1c2ccccc2C(c2ccccc2)N1S(=O)(=O)c1ccccc1. The zero-order valence-electron chi connectivity index (χ0n) is 13.2. The number of benzene rings is 3. The van der Waals surface area contributed by atoms with Crippen molar-refractivity contribution in [3.05, 3.63) is 102 Å². The molecule has 0 saturated carbocycles. The first-order valence-corrected chi connectivity index (χ1v) is 9.32. The lowest BCUT2D eigenvalue weighted by atomic mass is 9.99. The van der Waals surface area contributed by atoms with Crippen LogP contribution in [-0.2, 0) is 10.0 Å². The van der Waals surface area contributed by atoms with Crippen molar-refractivity contribution >= 4 is 15.9 Å². The summed E-state index contributed by atoms with van der Waals surface area (Å²) >= 11 is 0. The molecule has 3 aromatic carbocycles. The highest BCUT2D eigenvalue weighted by molar-refractivity contribution is 7.89. The lowest BCUT2D eigenvalue weighted by molar-refractivity contribution is 0.0865. The molecule has 0 aliphatic carbocycles. The third-order valence-electron chi connectivity index (χ3n) is 4.34. The Hall–Kier alpha value is -2.92. The molecule has 124 valence electrons. The predicted molar refractivity (Wildman–Crippen MR) is 94.5 cm³/mol. The topological polar surface area (TPSA) is 54.5 Å². The molecule has 5 heteroatoms. The van der Waals surface area contributed by atoms with E-state index < -0.39 is 22.0 Å². The van der Waals surface area contributed by atoms with Crippen LogP contribution < -0.4 is 0 Å². The molecule has 0 N–H and O–H groups in total. The fraction of sp³-hybridized carbons (Fsp3) is 0.0500. The van der Waals surface area contributed by atoms with Gasteiger partial charge in [0.25, 0.3) is 15.9 Å². The Morgan fingerprint density at radius 2 is 1.28 bits per heavy atom. The van der Waals surface area contributed by atoms with Gasteiger partial charge in [0.15, 0.2) is 0 Å². The molecule has 1 unspecified atom stereocenters. The zero-order valence-corrected chi connectivity index (χ0v) is 14.1. The van der Waals surface area contributed by atoms with Crippen LogP contribution in [0.4, 0.5) is 0 Å². The van der Waals surface area contributed by atoms with E-state index in [2.05, 4.69) is 0 Å². The van der Waals surface area contributed by atoms with Crippen LogP contribution >= 0.6 is 0 Å². The van der Waals surface area contributed by atoms with Crippen molar-refractivity contribution < 1.29 is 13.2 Å². The van der Waals surface area contributed by atoms with Crippen LogP contribution in [0.2, 0.25) is 0 Å². The van der Waals surface area contributed by atoms with Gasteiger partial charge in [-0.25, -0.2) is 12.7 Å². The molecule has 1 heterocycles. The molecule has 4 rings (SSSR count). The molecule has 0 fully saturated rings. The van der Waals surface area contributed by atoms with Gasteiger partial charge in [-0.3, -0.25) is 4.79 Å². The first kappa shape index (κ1) is 15.6. The second-order valence-electron chi connectivity index (χ2n) is 5.82. The van der Waals surface area contributed by atoms with E-state index in [-0.39, 0.29) is 4.90 Å². The number of carbonyl (C=O) groups excluding carboxylic acids is 1. The Morgan fingerprint density at radius 3 is 1.96 bits per heavy atom. The Bertz CT molecular complexity index is 1030. The predicted octanol–water partition coefficient (Wildman–Crippen LogP) is 3.62. The number of hydrogen-bond acceptors (Lipinski definition) is 3. The number of rotatable bonds is 3.